The summed E-state index contributed by atoms with van der Waals surface area (Å²) in [7, 11) is -3.94. The van der Waals surface area contributed by atoms with E-state index >= 15 is 0 Å². The molecule has 0 radical (unpaired) electrons. The summed E-state index contributed by atoms with van der Waals surface area (Å²) in [6.07, 6.45) is 0.000852. The molecule has 0 bridgehead atoms. The van der Waals surface area contributed by atoms with Crippen molar-refractivity contribution in [3.63, 3.8) is 0 Å². The van der Waals surface area contributed by atoms with E-state index < -0.39 is 28.1 Å². The predicted molar refractivity (Wildman–Crippen MR) is 70.6 cm³/mol. The molecular weight excluding hydrogens is 270 g/mol. The number of aliphatic hydroxyl groups is 1. The second-order valence-electron chi connectivity index (χ2n) is 3.93. The van der Waals surface area contributed by atoms with Crippen LogP contribution < -0.4 is 4.72 Å². The highest BCUT2D eigenvalue weighted by Crippen LogP contribution is 2.04. The molecule has 1 rings (SSSR count). The molecule has 3 N–H and O–H groups in total. The second kappa shape index (κ2) is 6.46. The standard InChI is InChI=1S/C12H15NO5S/c1-9(14)11(12(15)16)13-19(17,18)8-7-10-5-3-2-4-6-10/h2-9,11,13-14H,1H3,(H,15,16)/b8-7+/t9-,11-/m1/s1. The van der Waals surface area contributed by atoms with Crippen molar-refractivity contribution in [2.24, 2.45) is 0 Å². The minimum atomic E-state index is -3.94. The molecule has 0 spiro atoms. The van der Waals surface area contributed by atoms with Crippen LogP contribution in [-0.4, -0.2) is 36.7 Å². The lowest BCUT2D eigenvalue weighted by molar-refractivity contribution is -0.141. The van der Waals surface area contributed by atoms with Gasteiger partial charge in [-0.05, 0) is 18.6 Å². The number of aliphatic hydroxyl groups excluding tert-OH is 1. The Morgan fingerprint density at radius 3 is 2.37 bits per heavy atom. The van der Waals surface area contributed by atoms with Crippen LogP contribution in [-0.2, 0) is 14.8 Å². The molecule has 0 saturated heterocycles. The zero-order valence-electron chi connectivity index (χ0n) is 10.2. The molecular formula is C12H15NO5S. The van der Waals surface area contributed by atoms with Crippen LogP contribution in [0.15, 0.2) is 35.7 Å². The Balaban J connectivity index is 2.82. The van der Waals surface area contributed by atoms with Crippen LogP contribution in [0.5, 0.6) is 0 Å². The van der Waals surface area contributed by atoms with Crippen molar-refractivity contribution in [1.29, 1.82) is 0 Å². The van der Waals surface area contributed by atoms with Gasteiger partial charge in [-0.25, -0.2) is 8.42 Å². The van der Waals surface area contributed by atoms with Crippen LogP contribution in [0.1, 0.15) is 12.5 Å². The van der Waals surface area contributed by atoms with E-state index in [9.17, 15) is 18.3 Å². The first-order chi connectivity index (χ1) is 8.82. The van der Waals surface area contributed by atoms with Gasteiger partial charge in [-0.1, -0.05) is 30.3 Å². The van der Waals surface area contributed by atoms with Crippen LogP contribution in [0.3, 0.4) is 0 Å². The molecule has 0 fully saturated rings. The third-order valence-electron chi connectivity index (χ3n) is 2.28. The Kier molecular flexibility index (Phi) is 5.22. The number of carboxylic acid groups (broad SMARTS) is 1. The summed E-state index contributed by atoms with van der Waals surface area (Å²) in [6, 6.07) is 7.11. The minimum Gasteiger partial charge on any atom is -0.480 e. The molecule has 0 aliphatic rings. The molecule has 6 nitrogen and oxygen atoms in total. The van der Waals surface area contributed by atoms with Gasteiger partial charge in [0.25, 0.3) is 0 Å². The van der Waals surface area contributed by atoms with E-state index in [1.54, 1.807) is 30.3 Å². The zero-order chi connectivity index (χ0) is 14.5. The number of carbonyl (C=O) groups is 1. The first-order valence-electron chi connectivity index (χ1n) is 5.48. The van der Waals surface area contributed by atoms with Crippen molar-refractivity contribution in [3.05, 3.63) is 41.3 Å². The van der Waals surface area contributed by atoms with Crippen molar-refractivity contribution in [2.75, 3.05) is 0 Å². The highest BCUT2D eigenvalue weighted by molar-refractivity contribution is 7.92. The molecule has 0 aliphatic carbocycles. The summed E-state index contributed by atoms with van der Waals surface area (Å²) in [5.74, 6) is -1.44. The number of hydrogen-bond donors (Lipinski definition) is 3. The zero-order valence-corrected chi connectivity index (χ0v) is 11.0. The Morgan fingerprint density at radius 2 is 1.89 bits per heavy atom. The lowest BCUT2D eigenvalue weighted by Gasteiger charge is -2.15. The Hall–Kier alpha value is -1.70. The SMILES string of the molecule is C[C@@H](O)[C@@H](NS(=O)(=O)/C=C/c1ccccc1)C(=O)O. The number of sulfonamides is 1. The first-order valence-corrected chi connectivity index (χ1v) is 7.03. The van der Waals surface area contributed by atoms with Crippen LogP contribution >= 0.6 is 0 Å². The number of hydrogen-bond acceptors (Lipinski definition) is 4. The molecule has 104 valence electrons. The van der Waals surface area contributed by atoms with Crippen molar-refractivity contribution in [2.45, 2.75) is 19.1 Å². The average molecular weight is 285 g/mol. The summed E-state index contributed by atoms with van der Waals surface area (Å²) in [4.78, 5) is 10.8. The van der Waals surface area contributed by atoms with Gasteiger partial charge in [0, 0.05) is 5.41 Å². The fraction of sp³-hybridized carbons (Fsp3) is 0.250. The van der Waals surface area contributed by atoms with Gasteiger partial charge in [-0.3, -0.25) is 4.79 Å². The van der Waals surface area contributed by atoms with Crippen molar-refractivity contribution < 1.29 is 23.4 Å². The van der Waals surface area contributed by atoms with E-state index in [0.29, 0.717) is 5.56 Å². The van der Waals surface area contributed by atoms with Gasteiger partial charge >= 0.3 is 5.97 Å². The maximum absolute atomic E-state index is 11.7. The largest absolute Gasteiger partial charge is 0.480 e. The molecule has 1 aromatic carbocycles. The number of rotatable bonds is 6. The van der Waals surface area contributed by atoms with E-state index in [2.05, 4.69) is 0 Å². The molecule has 0 saturated carbocycles. The fourth-order valence-corrected chi connectivity index (χ4v) is 2.37. The molecule has 0 aromatic heterocycles. The molecule has 1 aromatic rings. The van der Waals surface area contributed by atoms with E-state index in [1.165, 1.54) is 13.0 Å². The van der Waals surface area contributed by atoms with E-state index in [-0.39, 0.29) is 0 Å². The van der Waals surface area contributed by atoms with Crippen LogP contribution in [0.25, 0.3) is 6.08 Å². The van der Waals surface area contributed by atoms with Gasteiger partial charge in [0.1, 0.15) is 6.04 Å². The quantitative estimate of drug-likeness (QED) is 0.702. The van der Waals surface area contributed by atoms with E-state index in [4.69, 9.17) is 5.11 Å². The second-order valence-corrected chi connectivity index (χ2v) is 5.53. The lowest BCUT2D eigenvalue weighted by atomic mass is 10.2. The number of nitrogens with one attached hydrogen (secondary N) is 1. The highest BCUT2D eigenvalue weighted by Gasteiger charge is 2.26. The molecule has 0 heterocycles. The van der Waals surface area contributed by atoms with Crippen molar-refractivity contribution >= 4 is 22.1 Å². The molecule has 0 amide bonds. The van der Waals surface area contributed by atoms with E-state index in [1.807, 2.05) is 4.72 Å². The normalized spacial score (nSPS) is 15.3. The Bertz CT molecular complexity index is 551. The monoisotopic (exact) mass is 285 g/mol. The average Bonchev–Trinajstić information content (AvgIpc) is 2.34. The maximum Gasteiger partial charge on any atom is 0.324 e. The van der Waals surface area contributed by atoms with Crippen LogP contribution in [0.4, 0.5) is 0 Å². The van der Waals surface area contributed by atoms with Crippen LogP contribution in [0.2, 0.25) is 0 Å². The number of benzene rings is 1. The Morgan fingerprint density at radius 1 is 1.32 bits per heavy atom. The molecule has 7 heteroatoms. The van der Waals surface area contributed by atoms with Gasteiger partial charge < -0.3 is 10.2 Å². The fourth-order valence-electron chi connectivity index (χ4n) is 1.30. The smallest absolute Gasteiger partial charge is 0.324 e. The summed E-state index contributed by atoms with van der Waals surface area (Å²) in [5, 5.41) is 18.8. The van der Waals surface area contributed by atoms with Crippen LogP contribution in [0, 0.1) is 0 Å². The Labute approximate surface area is 111 Å². The summed E-state index contributed by atoms with van der Waals surface area (Å²) in [5.41, 5.74) is 0.664. The third kappa shape index (κ3) is 5.21. The van der Waals surface area contributed by atoms with Gasteiger partial charge in [0.05, 0.1) is 6.10 Å². The van der Waals surface area contributed by atoms with Gasteiger partial charge in [0.15, 0.2) is 0 Å². The molecule has 0 unspecified atom stereocenters. The number of carboxylic acids is 1. The predicted octanol–water partition coefficient (Wildman–Crippen LogP) is 0.411. The van der Waals surface area contributed by atoms with Gasteiger partial charge in [-0.2, -0.15) is 4.72 Å². The summed E-state index contributed by atoms with van der Waals surface area (Å²) < 4.78 is 25.2. The topological polar surface area (TPSA) is 104 Å². The summed E-state index contributed by atoms with van der Waals surface area (Å²) in [6.45, 7) is 1.20. The highest BCUT2D eigenvalue weighted by atomic mass is 32.2. The van der Waals surface area contributed by atoms with Crippen molar-refractivity contribution in [1.82, 2.24) is 4.72 Å². The molecule has 19 heavy (non-hydrogen) atoms. The summed E-state index contributed by atoms with van der Waals surface area (Å²) >= 11 is 0. The van der Waals surface area contributed by atoms with E-state index in [0.717, 1.165) is 5.41 Å². The van der Waals surface area contributed by atoms with Gasteiger partial charge in [0.2, 0.25) is 10.0 Å². The third-order valence-corrected chi connectivity index (χ3v) is 3.36. The maximum atomic E-state index is 11.7. The number of aliphatic carboxylic acids is 1. The van der Waals surface area contributed by atoms with Gasteiger partial charge in [-0.15, -0.1) is 0 Å². The lowest BCUT2D eigenvalue weighted by Crippen LogP contribution is -2.46. The van der Waals surface area contributed by atoms with Crippen molar-refractivity contribution in [3.8, 4) is 0 Å². The molecule has 0 aliphatic heterocycles. The minimum absolute atomic E-state index is 0.664. The first kappa shape index (κ1) is 15.4. The molecule has 2 atom stereocenters.